The summed E-state index contributed by atoms with van der Waals surface area (Å²) < 4.78 is 49.4. The van der Waals surface area contributed by atoms with Gasteiger partial charge < -0.3 is 20.1 Å². The number of amides is 2. The van der Waals surface area contributed by atoms with E-state index in [1.165, 1.54) is 18.2 Å². The first-order valence-corrected chi connectivity index (χ1v) is 10.1. The van der Waals surface area contributed by atoms with Gasteiger partial charge in [-0.3, -0.25) is 9.59 Å². The quantitative estimate of drug-likeness (QED) is 0.381. The molecule has 178 valence electrons. The molecule has 32 heavy (non-hydrogen) atoms. The minimum atomic E-state index is -4.77. The van der Waals surface area contributed by atoms with Crippen molar-refractivity contribution in [3.05, 3.63) is 41.4 Å². The molecule has 0 radical (unpaired) electrons. The summed E-state index contributed by atoms with van der Waals surface area (Å²) in [5, 5.41) is 4.31. The van der Waals surface area contributed by atoms with Crippen LogP contribution < -0.4 is 10.6 Å². The van der Waals surface area contributed by atoms with Crippen LogP contribution in [0.25, 0.3) is 0 Å². The molecule has 0 aromatic heterocycles. The number of benzene rings is 1. The van der Waals surface area contributed by atoms with Gasteiger partial charge in [-0.15, -0.1) is 0 Å². The SMILES string of the molecule is C=CCOC(=O)NC(C(=O)Nc1cc(C[C@@H](C)C(=O)OCC)ccc1Cl)C(C)C(F)(F)F. The fourth-order valence-electron chi connectivity index (χ4n) is 2.64. The monoisotopic (exact) mass is 478 g/mol. The Balaban J connectivity index is 3.06. The van der Waals surface area contributed by atoms with Gasteiger partial charge in [0.15, 0.2) is 0 Å². The maximum Gasteiger partial charge on any atom is 0.408 e. The zero-order valence-electron chi connectivity index (χ0n) is 17.9. The fourth-order valence-corrected chi connectivity index (χ4v) is 2.80. The Bertz CT molecular complexity index is 832. The second kappa shape index (κ2) is 12.3. The highest BCUT2D eigenvalue weighted by Gasteiger charge is 2.45. The Morgan fingerprint density at radius 1 is 1.22 bits per heavy atom. The predicted molar refractivity (Wildman–Crippen MR) is 113 cm³/mol. The van der Waals surface area contributed by atoms with Gasteiger partial charge in [-0.05, 0) is 31.0 Å². The van der Waals surface area contributed by atoms with Gasteiger partial charge in [-0.1, -0.05) is 44.2 Å². The molecule has 0 fully saturated rings. The van der Waals surface area contributed by atoms with Gasteiger partial charge in [0, 0.05) is 0 Å². The van der Waals surface area contributed by atoms with Crippen molar-refractivity contribution in [3.63, 3.8) is 0 Å². The second-order valence-electron chi connectivity index (χ2n) is 7.00. The molecule has 2 amide bonds. The third-order valence-corrected chi connectivity index (χ3v) is 4.75. The summed E-state index contributed by atoms with van der Waals surface area (Å²) in [5.74, 6) is -4.25. The van der Waals surface area contributed by atoms with Gasteiger partial charge in [0.25, 0.3) is 0 Å². The lowest BCUT2D eigenvalue weighted by atomic mass is 9.99. The fraction of sp³-hybridized carbons (Fsp3) is 0.476. The van der Waals surface area contributed by atoms with E-state index < -0.39 is 42.0 Å². The molecule has 0 bridgehead atoms. The van der Waals surface area contributed by atoms with Crippen LogP contribution in [-0.2, 0) is 25.5 Å². The summed E-state index contributed by atoms with van der Waals surface area (Å²) >= 11 is 6.09. The number of carbonyl (C=O) groups excluding carboxylic acids is 3. The van der Waals surface area contributed by atoms with Crippen LogP contribution in [0.1, 0.15) is 26.3 Å². The van der Waals surface area contributed by atoms with E-state index in [9.17, 15) is 27.6 Å². The number of anilines is 1. The van der Waals surface area contributed by atoms with E-state index in [2.05, 4.69) is 16.6 Å². The van der Waals surface area contributed by atoms with Crippen molar-refractivity contribution >= 4 is 35.3 Å². The molecule has 7 nitrogen and oxygen atoms in total. The largest absolute Gasteiger partial charge is 0.466 e. The van der Waals surface area contributed by atoms with E-state index in [0.717, 1.165) is 6.92 Å². The molecule has 11 heteroatoms. The van der Waals surface area contributed by atoms with E-state index in [1.807, 2.05) is 5.32 Å². The van der Waals surface area contributed by atoms with Crippen molar-refractivity contribution in [1.82, 2.24) is 5.32 Å². The lowest BCUT2D eigenvalue weighted by Gasteiger charge is -2.26. The summed E-state index contributed by atoms with van der Waals surface area (Å²) in [7, 11) is 0. The number of halogens is 4. The van der Waals surface area contributed by atoms with Crippen LogP contribution in [0.5, 0.6) is 0 Å². The molecular weight excluding hydrogens is 453 g/mol. The number of hydrogen-bond acceptors (Lipinski definition) is 5. The third kappa shape index (κ3) is 8.41. The number of carbonyl (C=O) groups is 3. The van der Waals surface area contributed by atoms with Gasteiger partial charge >= 0.3 is 18.2 Å². The van der Waals surface area contributed by atoms with Crippen molar-refractivity contribution in [2.24, 2.45) is 11.8 Å². The van der Waals surface area contributed by atoms with Crippen molar-refractivity contribution < 1.29 is 37.0 Å². The molecule has 0 saturated heterocycles. The van der Waals surface area contributed by atoms with Gasteiger partial charge in [0.05, 0.1) is 29.2 Å². The van der Waals surface area contributed by atoms with Crippen LogP contribution >= 0.6 is 11.6 Å². The molecule has 0 aliphatic heterocycles. The highest BCUT2D eigenvalue weighted by Crippen LogP contribution is 2.30. The number of esters is 1. The molecule has 1 rings (SSSR count). The Kier molecular flexibility index (Phi) is 10.5. The van der Waals surface area contributed by atoms with Crippen molar-refractivity contribution in [3.8, 4) is 0 Å². The molecule has 1 aromatic rings. The van der Waals surface area contributed by atoms with Crippen LogP contribution in [-0.4, -0.2) is 43.4 Å². The molecule has 0 aliphatic rings. The number of nitrogens with one attached hydrogen (secondary N) is 2. The van der Waals surface area contributed by atoms with Crippen molar-refractivity contribution in [2.75, 3.05) is 18.5 Å². The number of ether oxygens (including phenoxy) is 2. The number of alkyl halides is 3. The van der Waals surface area contributed by atoms with Crippen LogP contribution in [0, 0.1) is 11.8 Å². The summed E-state index contributed by atoms with van der Waals surface area (Å²) in [6.45, 7) is 7.41. The van der Waals surface area contributed by atoms with Gasteiger partial charge in [0.2, 0.25) is 5.91 Å². The van der Waals surface area contributed by atoms with Crippen LogP contribution in [0.3, 0.4) is 0 Å². The molecule has 1 aromatic carbocycles. The molecule has 3 atom stereocenters. The lowest BCUT2D eigenvalue weighted by molar-refractivity contribution is -0.178. The number of rotatable bonds is 10. The first kappa shape index (κ1) is 27.3. The average Bonchev–Trinajstić information content (AvgIpc) is 2.71. The molecule has 0 spiro atoms. The van der Waals surface area contributed by atoms with E-state index in [0.29, 0.717) is 5.56 Å². The molecule has 0 aliphatic carbocycles. The van der Waals surface area contributed by atoms with E-state index in [-0.39, 0.29) is 30.3 Å². The topological polar surface area (TPSA) is 93.7 Å². The smallest absolute Gasteiger partial charge is 0.408 e. The highest BCUT2D eigenvalue weighted by atomic mass is 35.5. The first-order chi connectivity index (χ1) is 14.9. The number of hydrogen-bond donors (Lipinski definition) is 2. The maximum absolute atomic E-state index is 13.3. The van der Waals surface area contributed by atoms with Gasteiger partial charge in [0.1, 0.15) is 12.6 Å². The van der Waals surface area contributed by atoms with Crippen LogP contribution in [0.15, 0.2) is 30.9 Å². The van der Waals surface area contributed by atoms with E-state index in [4.69, 9.17) is 16.3 Å². The summed E-state index contributed by atoms with van der Waals surface area (Å²) in [4.78, 5) is 36.2. The zero-order valence-corrected chi connectivity index (χ0v) is 18.7. The Morgan fingerprint density at radius 2 is 1.88 bits per heavy atom. The predicted octanol–water partition coefficient (Wildman–Crippen LogP) is 4.50. The Hall–Kier alpha value is -2.75. The third-order valence-electron chi connectivity index (χ3n) is 4.42. The molecule has 0 heterocycles. The summed E-state index contributed by atoms with van der Waals surface area (Å²) in [6.07, 6.45) is -4.49. The van der Waals surface area contributed by atoms with E-state index >= 15 is 0 Å². The molecule has 2 N–H and O–H groups in total. The number of alkyl carbamates (subject to hydrolysis) is 1. The minimum Gasteiger partial charge on any atom is -0.466 e. The zero-order chi connectivity index (χ0) is 24.5. The maximum atomic E-state index is 13.3. The second-order valence-corrected chi connectivity index (χ2v) is 7.41. The van der Waals surface area contributed by atoms with Crippen LogP contribution in [0.4, 0.5) is 23.7 Å². The first-order valence-electron chi connectivity index (χ1n) is 9.77. The van der Waals surface area contributed by atoms with Crippen LogP contribution in [0.2, 0.25) is 5.02 Å². The molecular formula is C21H26ClF3N2O5. The Labute approximate surface area is 189 Å². The Morgan fingerprint density at radius 3 is 2.44 bits per heavy atom. The van der Waals surface area contributed by atoms with Crippen molar-refractivity contribution in [2.45, 2.75) is 39.4 Å². The average molecular weight is 479 g/mol. The summed E-state index contributed by atoms with van der Waals surface area (Å²) in [5.41, 5.74) is 0.634. The molecule has 2 unspecified atom stereocenters. The lowest BCUT2D eigenvalue weighted by Crippen LogP contribution is -2.52. The minimum absolute atomic E-state index is 0.0332. The highest BCUT2D eigenvalue weighted by molar-refractivity contribution is 6.33. The standard InChI is InChI=1S/C21H26ClF3N2O5/c1-5-9-32-20(30)27-17(13(4)21(23,24)25)18(28)26-16-11-14(7-8-15(16)22)10-12(3)19(29)31-6-2/h5,7-8,11-13,17H,1,6,9-10H2,2-4H3,(H,26,28)(H,27,30)/t12-,13?,17?/m1/s1. The van der Waals surface area contributed by atoms with E-state index in [1.54, 1.807) is 19.9 Å². The molecule has 0 saturated carbocycles. The summed E-state index contributed by atoms with van der Waals surface area (Å²) in [6, 6.07) is 2.53. The van der Waals surface area contributed by atoms with Gasteiger partial charge in [-0.25, -0.2) is 4.79 Å². The normalized spacial score (nSPS) is 14.0. The van der Waals surface area contributed by atoms with Crippen molar-refractivity contribution in [1.29, 1.82) is 0 Å². The van der Waals surface area contributed by atoms with Gasteiger partial charge in [-0.2, -0.15) is 13.2 Å².